The van der Waals surface area contributed by atoms with Crippen LogP contribution in [0.5, 0.6) is 0 Å². The quantitative estimate of drug-likeness (QED) is 0.720. The van der Waals surface area contributed by atoms with Crippen LogP contribution in [0.15, 0.2) is 66.9 Å². The molecule has 0 bridgehead atoms. The molecule has 1 aromatic heterocycles. The Bertz CT molecular complexity index is 760. The van der Waals surface area contributed by atoms with E-state index in [4.69, 9.17) is 4.74 Å². The predicted octanol–water partition coefficient (Wildman–Crippen LogP) is 3.94. The fraction of sp³-hybridized carbons (Fsp3) is 0.0556. The Hall–Kier alpha value is -2.81. The minimum Gasteiger partial charge on any atom is -0.448 e. The minimum atomic E-state index is -0.340. The third-order valence-corrected chi connectivity index (χ3v) is 3.82. The largest absolute Gasteiger partial charge is 0.448 e. The molecule has 0 fully saturated rings. The number of hydrogen-bond acceptors (Lipinski definition) is 2. The van der Waals surface area contributed by atoms with Gasteiger partial charge in [-0.25, -0.2) is 4.79 Å². The summed E-state index contributed by atoms with van der Waals surface area (Å²) in [5.41, 5.74) is 4.82. The number of benzene rings is 2. The van der Waals surface area contributed by atoms with Gasteiger partial charge in [0.05, 0.1) is 0 Å². The number of nitrogens with one attached hydrogen (secondary N) is 1. The van der Waals surface area contributed by atoms with Crippen LogP contribution in [0.25, 0.3) is 11.1 Å². The molecule has 3 heteroatoms. The van der Waals surface area contributed by atoms with Crippen molar-refractivity contribution < 1.29 is 9.53 Å². The number of aromatic amines is 1. The van der Waals surface area contributed by atoms with Crippen LogP contribution in [-0.2, 0) is 4.74 Å². The van der Waals surface area contributed by atoms with Crippen LogP contribution in [-0.4, -0.2) is 11.0 Å². The summed E-state index contributed by atoms with van der Waals surface area (Å²) in [7, 11) is 0. The molecule has 1 aliphatic rings. The van der Waals surface area contributed by atoms with Crippen molar-refractivity contribution >= 4 is 5.97 Å². The van der Waals surface area contributed by atoms with E-state index in [1.54, 1.807) is 18.3 Å². The zero-order valence-electron chi connectivity index (χ0n) is 11.2. The summed E-state index contributed by atoms with van der Waals surface area (Å²) in [6, 6.07) is 19.6. The summed E-state index contributed by atoms with van der Waals surface area (Å²) < 4.78 is 5.74. The number of aromatic nitrogens is 1. The summed E-state index contributed by atoms with van der Waals surface area (Å²) in [6.07, 6.45) is 1.38. The standard InChI is InChI=1S/C18H13NO2/c20-18(16-10-5-11-19-16)21-17-14-8-3-1-6-12(14)13-7-2-4-9-15(13)17/h1-11,17,19H. The molecule has 102 valence electrons. The second kappa shape index (κ2) is 4.63. The third kappa shape index (κ3) is 1.86. The van der Waals surface area contributed by atoms with Gasteiger partial charge < -0.3 is 9.72 Å². The average molecular weight is 275 g/mol. The lowest BCUT2D eigenvalue weighted by molar-refractivity contribution is 0.0379. The van der Waals surface area contributed by atoms with Crippen LogP contribution in [0.1, 0.15) is 27.7 Å². The van der Waals surface area contributed by atoms with E-state index in [-0.39, 0.29) is 12.1 Å². The third-order valence-electron chi connectivity index (χ3n) is 3.82. The highest BCUT2D eigenvalue weighted by Gasteiger charge is 2.31. The van der Waals surface area contributed by atoms with Gasteiger partial charge in [-0.1, -0.05) is 48.5 Å². The van der Waals surface area contributed by atoms with Crippen LogP contribution in [0.4, 0.5) is 0 Å². The molecule has 4 rings (SSSR count). The monoisotopic (exact) mass is 275 g/mol. The number of esters is 1. The van der Waals surface area contributed by atoms with Crippen LogP contribution >= 0.6 is 0 Å². The van der Waals surface area contributed by atoms with Gasteiger partial charge in [0, 0.05) is 17.3 Å². The Morgan fingerprint density at radius 1 is 0.857 bits per heavy atom. The molecular formula is C18H13NO2. The molecular weight excluding hydrogens is 262 g/mol. The topological polar surface area (TPSA) is 42.1 Å². The summed E-state index contributed by atoms with van der Waals surface area (Å²) in [4.78, 5) is 15.1. The maximum Gasteiger partial charge on any atom is 0.355 e. The Balaban J connectivity index is 1.77. The number of carbonyl (C=O) groups is 1. The van der Waals surface area contributed by atoms with Gasteiger partial charge in [-0.05, 0) is 23.3 Å². The number of ether oxygens (including phenoxy) is 1. The molecule has 2 aromatic carbocycles. The molecule has 0 unspecified atom stereocenters. The molecule has 3 nitrogen and oxygen atoms in total. The Morgan fingerprint density at radius 2 is 1.48 bits per heavy atom. The first-order valence-electron chi connectivity index (χ1n) is 6.87. The minimum absolute atomic E-state index is 0.337. The van der Waals surface area contributed by atoms with Gasteiger partial charge in [0.15, 0.2) is 6.10 Å². The molecule has 0 atom stereocenters. The Morgan fingerprint density at radius 3 is 2.05 bits per heavy atom. The van der Waals surface area contributed by atoms with E-state index in [1.165, 1.54) is 0 Å². The van der Waals surface area contributed by atoms with E-state index < -0.39 is 0 Å². The van der Waals surface area contributed by atoms with Crippen molar-refractivity contribution in [3.8, 4) is 11.1 Å². The van der Waals surface area contributed by atoms with Gasteiger partial charge in [-0.15, -0.1) is 0 Å². The highest BCUT2D eigenvalue weighted by atomic mass is 16.5. The summed E-state index contributed by atoms with van der Waals surface area (Å²) in [5, 5.41) is 0. The van der Waals surface area contributed by atoms with Gasteiger partial charge in [-0.3, -0.25) is 0 Å². The number of H-pyrrole nitrogens is 1. The first-order valence-corrected chi connectivity index (χ1v) is 6.87. The molecule has 0 aliphatic heterocycles. The van der Waals surface area contributed by atoms with Gasteiger partial charge in [0.1, 0.15) is 5.69 Å². The van der Waals surface area contributed by atoms with Gasteiger partial charge >= 0.3 is 5.97 Å². The van der Waals surface area contributed by atoms with E-state index in [0.29, 0.717) is 5.69 Å². The van der Waals surface area contributed by atoms with Crippen LogP contribution in [0, 0.1) is 0 Å². The van der Waals surface area contributed by atoms with Crippen molar-refractivity contribution in [2.24, 2.45) is 0 Å². The fourth-order valence-corrected chi connectivity index (χ4v) is 2.86. The molecule has 1 N–H and O–H groups in total. The summed E-state index contributed by atoms with van der Waals surface area (Å²) in [5.74, 6) is -0.337. The average Bonchev–Trinajstić information content (AvgIpc) is 3.15. The smallest absolute Gasteiger partial charge is 0.355 e. The van der Waals surface area contributed by atoms with Crippen LogP contribution in [0.2, 0.25) is 0 Å². The van der Waals surface area contributed by atoms with E-state index in [0.717, 1.165) is 22.3 Å². The molecule has 0 spiro atoms. The number of rotatable bonds is 2. The second-order valence-corrected chi connectivity index (χ2v) is 5.04. The van der Waals surface area contributed by atoms with Crippen molar-refractivity contribution in [2.75, 3.05) is 0 Å². The summed E-state index contributed by atoms with van der Waals surface area (Å²) >= 11 is 0. The zero-order valence-corrected chi connectivity index (χ0v) is 11.2. The lowest BCUT2D eigenvalue weighted by Gasteiger charge is -2.14. The molecule has 1 heterocycles. The molecule has 0 amide bonds. The van der Waals surface area contributed by atoms with Gasteiger partial charge in [-0.2, -0.15) is 0 Å². The number of carbonyl (C=O) groups excluding carboxylic acids is 1. The van der Waals surface area contributed by atoms with Crippen molar-refractivity contribution in [3.05, 3.63) is 83.7 Å². The molecule has 3 aromatic rings. The maximum atomic E-state index is 12.2. The molecule has 0 saturated heterocycles. The predicted molar refractivity (Wildman–Crippen MR) is 79.9 cm³/mol. The van der Waals surface area contributed by atoms with Crippen LogP contribution < -0.4 is 0 Å². The normalized spacial score (nSPS) is 12.8. The lowest BCUT2D eigenvalue weighted by atomic mass is 10.1. The molecule has 21 heavy (non-hydrogen) atoms. The van der Waals surface area contributed by atoms with E-state index in [1.807, 2.05) is 36.4 Å². The molecule has 0 radical (unpaired) electrons. The van der Waals surface area contributed by atoms with E-state index in [2.05, 4.69) is 17.1 Å². The lowest BCUT2D eigenvalue weighted by Crippen LogP contribution is -2.11. The van der Waals surface area contributed by atoms with Crippen molar-refractivity contribution in [3.63, 3.8) is 0 Å². The van der Waals surface area contributed by atoms with E-state index >= 15 is 0 Å². The van der Waals surface area contributed by atoms with E-state index in [9.17, 15) is 4.79 Å². The van der Waals surface area contributed by atoms with Crippen LogP contribution in [0.3, 0.4) is 0 Å². The Labute approximate surface area is 122 Å². The highest BCUT2D eigenvalue weighted by Crippen LogP contribution is 2.45. The maximum absolute atomic E-state index is 12.2. The van der Waals surface area contributed by atoms with Gasteiger partial charge in [0.25, 0.3) is 0 Å². The molecule has 1 aliphatic carbocycles. The second-order valence-electron chi connectivity index (χ2n) is 5.04. The number of fused-ring (bicyclic) bond motifs is 3. The fourth-order valence-electron chi connectivity index (χ4n) is 2.86. The van der Waals surface area contributed by atoms with Crippen molar-refractivity contribution in [1.82, 2.24) is 4.98 Å². The first kappa shape index (κ1) is 12.0. The first-order chi connectivity index (χ1) is 10.3. The molecule has 0 saturated carbocycles. The van der Waals surface area contributed by atoms with Crippen molar-refractivity contribution in [2.45, 2.75) is 6.10 Å². The number of hydrogen-bond donors (Lipinski definition) is 1. The summed E-state index contributed by atoms with van der Waals surface area (Å²) in [6.45, 7) is 0. The SMILES string of the molecule is O=C(OC1c2ccccc2-c2ccccc21)c1ccc[nH]1. The Kier molecular flexibility index (Phi) is 2.64. The zero-order chi connectivity index (χ0) is 14.2. The van der Waals surface area contributed by atoms with Crippen molar-refractivity contribution in [1.29, 1.82) is 0 Å². The highest BCUT2D eigenvalue weighted by molar-refractivity contribution is 5.89. The van der Waals surface area contributed by atoms with Gasteiger partial charge in [0.2, 0.25) is 0 Å².